The summed E-state index contributed by atoms with van der Waals surface area (Å²) in [5.41, 5.74) is 0.302. The monoisotopic (exact) mass is 197 g/mol. The molecule has 0 bridgehead atoms. The smallest absolute Gasteiger partial charge is 0.256 e. The molecule has 0 aromatic heterocycles. The van der Waals surface area contributed by atoms with Crippen molar-refractivity contribution in [2.75, 3.05) is 14.1 Å². The Balaban J connectivity index is 3.22. The molecule has 1 rings (SSSR count). The first-order chi connectivity index (χ1) is 6.43. The van der Waals surface area contributed by atoms with E-state index in [1.807, 2.05) is 0 Å². The van der Waals surface area contributed by atoms with Crippen LogP contribution in [-0.4, -0.2) is 30.0 Å². The third kappa shape index (κ3) is 1.84. The van der Waals surface area contributed by atoms with E-state index in [0.717, 1.165) is 12.1 Å². The minimum atomic E-state index is -0.612. The molecule has 76 valence electrons. The van der Waals surface area contributed by atoms with Crippen molar-refractivity contribution < 1.29 is 14.3 Å². The maximum absolute atomic E-state index is 13.3. The van der Waals surface area contributed by atoms with Gasteiger partial charge in [0.25, 0.3) is 5.91 Å². The van der Waals surface area contributed by atoms with Crippen LogP contribution in [0.25, 0.3) is 0 Å². The minimum absolute atomic E-state index is 0.0726. The van der Waals surface area contributed by atoms with Crippen molar-refractivity contribution in [2.45, 2.75) is 6.92 Å². The summed E-state index contributed by atoms with van der Waals surface area (Å²) in [5, 5.41) is 9.32. The molecule has 1 aromatic rings. The number of carbonyl (C=O) groups is 1. The first-order valence-electron chi connectivity index (χ1n) is 4.14. The number of halogens is 1. The van der Waals surface area contributed by atoms with E-state index in [-0.39, 0.29) is 11.3 Å². The summed E-state index contributed by atoms with van der Waals surface area (Å²) in [6.45, 7) is 1.57. The first kappa shape index (κ1) is 10.5. The predicted octanol–water partition coefficient (Wildman–Crippen LogP) is 1.54. The standard InChI is InChI=1S/C10H12FNO2/c1-6-4-8(11)7(5-9(6)13)10(14)12(2)3/h4-5,13H,1-3H3. The molecular formula is C10H12FNO2. The van der Waals surface area contributed by atoms with Gasteiger partial charge in [-0.25, -0.2) is 4.39 Å². The Kier molecular flexibility index (Phi) is 2.74. The van der Waals surface area contributed by atoms with Crippen molar-refractivity contribution in [1.29, 1.82) is 0 Å². The average molecular weight is 197 g/mol. The van der Waals surface area contributed by atoms with Gasteiger partial charge in [0.05, 0.1) is 5.56 Å². The summed E-state index contributed by atoms with van der Waals surface area (Å²) in [6.07, 6.45) is 0. The molecule has 0 aliphatic rings. The van der Waals surface area contributed by atoms with Crippen LogP contribution in [0.15, 0.2) is 12.1 Å². The number of phenols is 1. The molecule has 0 saturated carbocycles. The summed E-state index contributed by atoms with van der Waals surface area (Å²) in [4.78, 5) is 12.7. The van der Waals surface area contributed by atoms with Gasteiger partial charge in [-0.15, -0.1) is 0 Å². The van der Waals surface area contributed by atoms with E-state index in [1.54, 1.807) is 6.92 Å². The van der Waals surface area contributed by atoms with E-state index in [9.17, 15) is 14.3 Å². The fourth-order valence-electron chi connectivity index (χ4n) is 1.07. The average Bonchev–Trinajstić information content (AvgIpc) is 2.10. The highest BCUT2D eigenvalue weighted by Crippen LogP contribution is 2.21. The topological polar surface area (TPSA) is 40.5 Å². The quantitative estimate of drug-likeness (QED) is 0.741. The van der Waals surface area contributed by atoms with Crippen molar-refractivity contribution in [3.8, 4) is 5.75 Å². The molecule has 14 heavy (non-hydrogen) atoms. The molecule has 1 N–H and O–H groups in total. The van der Waals surface area contributed by atoms with Crippen LogP contribution in [0, 0.1) is 12.7 Å². The third-order valence-electron chi connectivity index (χ3n) is 1.92. The Morgan fingerprint density at radius 3 is 2.50 bits per heavy atom. The maximum atomic E-state index is 13.3. The maximum Gasteiger partial charge on any atom is 0.256 e. The second-order valence-corrected chi connectivity index (χ2v) is 3.32. The van der Waals surface area contributed by atoms with Gasteiger partial charge in [-0.05, 0) is 24.6 Å². The zero-order valence-corrected chi connectivity index (χ0v) is 8.34. The largest absolute Gasteiger partial charge is 0.508 e. The SMILES string of the molecule is Cc1cc(F)c(C(=O)N(C)C)cc1O. The number of amides is 1. The van der Waals surface area contributed by atoms with Gasteiger partial charge in [0.1, 0.15) is 11.6 Å². The number of carbonyl (C=O) groups excluding carboxylic acids is 1. The molecule has 0 aliphatic carbocycles. The molecule has 0 aliphatic heterocycles. The second kappa shape index (κ2) is 3.65. The van der Waals surface area contributed by atoms with E-state index in [4.69, 9.17) is 0 Å². The number of nitrogens with zero attached hydrogens (tertiary/aromatic N) is 1. The van der Waals surface area contributed by atoms with Gasteiger partial charge < -0.3 is 10.0 Å². The molecule has 1 amide bonds. The molecule has 0 heterocycles. The van der Waals surface area contributed by atoms with Crippen molar-refractivity contribution in [2.24, 2.45) is 0 Å². The lowest BCUT2D eigenvalue weighted by atomic mass is 10.1. The van der Waals surface area contributed by atoms with E-state index in [2.05, 4.69) is 0 Å². The Morgan fingerprint density at radius 1 is 1.43 bits per heavy atom. The number of aromatic hydroxyl groups is 1. The lowest BCUT2D eigenvalue weighted by Crippen LogP contribution is -2.22. The van der Waals surface area contributed by atoms with Crippen LogP contribution in [0.2, 0.25) is 0 Å². The first-order valence-corrected chi connectivity index (χ1v) is 4.14. The molecule has 1 aromatic carbocycles. The van der Waals surface area contributed by atoms with Gasteiger partial charge in [-0.2, -0.15) is 0 Å². The summed E-state index contributed by atoms with van der Waals surface area (Å²) >= 11 is 0. The van der Waals surface area contributed by atoms with Gasteiger partial charge in [0, 0.05) is 14.1 Å². The van der Waals surface area contributed by atoms with E-state index < -0.39 is 11.7 Å². The molecule has 0 radical (unpaired) electrons. The van der Waals surface area contributed by atoms with Crippen LogP contribution in [0.5, 0.6) is 5.75 Å². The Labute approximate surface area is 81.8 Å². The molecule has 0 fully saturated rings. The Hall–Kier alpha value is -1.58. The lowest BCUT2D eigenvalue weighted by molar-refractivity contribution is 0.0822. The lowest BCUT2D eigenvalue weighted by Gasteiger charge is -2.11. The van der Waals surface area contributed by atoms with E-state index >= 15 is 0 Å². The zero-order valence-electron chi connectivity index (χ0n) is 8.34. The highest BCUT2D eigenvalue weighted by Gasteiger charge is 2.15. The Morgan fingerprint density at radius 2 is 2.00 bits per heavy atom. The molecule has 0 unspecified atom stereocenters. The van der Waals surface area contributed by atoms with Gasteiger partial charge in [-0.1, -0.05) is 0 Å². The summed E-state index contributed by atoms with van der Waals surface area (Å²) in [7, 11) is 3.05. The summed E-state index contributed by atoms with van der Waals surface area (Å²) in [6, 6.07) is 2.29. The van der Waals surface area contributed by atoms with Crippen LogP contribution < -0.4 is 0 Å². The fourth-order valence-corrected chi connectivity index (χ4v) is 1.07. The van der Waals surface area contributed by atoms with Gasteiger partial charge in [0.2, 0.25) is 0 Å². The van der Waals surface area contributed by atoms with Gasteiger partial charge in [-0.3, -0.25) is 4.79 Å². The minimum Gasteiger partial charge on any atom is -0.508 e. The number of rotatable bonds is 1. The molecule has 0 spiro atoms. The normalized spacial score (nSPS) is 10.0. The van der Waals surface area contributed by atoms with Crippen LogP contribution in [0.1, 0.15) is 15.9 Å². The number of hydrogen-bond donors (Lipinski definition) is 1. The van der Waals surface area contributed by atoms with Crippen molar-refractivity contribution in [1.82, 2.24) is 4.90 Å². The van der Waals surface area contributed by atoms with Crippen LogP contribution in [0.3, 0.4) is 0 Å². The fraction of sp³-hybridized carbons (Fsp3) is 0.300. The van der Waals surface area contributed by atoms with E-state index in [0.29, 0.717) is 5.56 Å². The number of hydrogen-bond acceptors (Lipinski definition) is 2. The van der Waals surface area contributed by atoms with Crippen LogP contribution in [0.4, 0.5) is 4.39 Å². The molecule has 4 heteroatoms. The Bertz CT molecular complexity index is 375. The number of benzene rings is 1. The van der Waals surface area contributed by atoms with Crippen LogP contribution in [-0.2, 0) is 0 Å². The van der Waals surface area contributed by atoms with Crippen molar-refractivity contribution in [3.05, 3.63) is 29.1 Å². The summed E-state index contributed by atoms with van der Waals surface area (Å²) < 4.78 is 13.3. The van der Waals surface area contributed by atoms with Crippen LogP contribution >= 0.6 is 0 Å². The van der Waals surface area contributed by atoms with Crippen molar-refractivity contribution in [3.63, 3.8) is 0 Å². The second-order valence-electron chi connectivity index (χ2n) is 3.32. The van der Waals surface area contributed by atoms with Gasteiger partial charge >= 0.3 is 0 Å². The zero-order chi connectivity index (χ0) is 10.9. The highest BCUT2D eigenvalue weighted by molar-refractivity contribution is 5.94. The molecule has 0 saturated heterocycles. The molecule has 0 atom stereocenters. The number of phenolic OH excluding ortho intramolecular Hbond substituents is 1. The van der Waals surface area contributed by atoms with E-state index in [1.165, 1.54) is 19.0 Å². The summed E-state index contributed by atoms with van der Waals surface area (Å²) in [5.74, 6) is -1.14. The van der Waals surface area contributed by atoms with Gasteiger partial charge in [0.15, 0.2) is 0 Å². The predicted molar refractivity (Wildman–Crippen MR) is 50.8 cm³/mol. The highest BCUT2D eigenvalue weighted by atomic mass is 19.1. The van der Waals surface area contributed by atoms with Crippen molar-refractivity contribution >= 4 is 5.91 Å². The third-order valence-corrected chi connectivity index (χ3v) is 1.92. The number of aryl methyl sites for hydroxylation is 1. The molecule has 3 nitrogen and oxygen atoms in total. The molecular weight excluding hydrogens is 185 g/mol.